The van der Waals surface area contributed by atoms with Crippen LogP contribution in [0.15, 0.2) is 23.1 Å². The fourth-order valence-corrected chi connectivity index (χ4v) is 5.27. The monoisotopic (exact) mass is 477 g/mol. The summed E-state index contributed by atoms with van der Waals surface area (Å²) in [6.07, 6.45) is 3.55. The van der Waals surface area contributed by atoms with Gasteiger partial charge in [-0.25, -0.2) is 14.6 Å². The van der Waals surface area contributed by atoms with Crippen LogP contribution in [0.3, 0.4) is 0 Å². The lowest BCUT2D eigenvalue weighted by Crippen LogP contribution is -2.51. The van der Waals surface area contributed by atoms with Crippen molar-refractivity contribution in [2.45, 2.75) is 71.1 Å². The molecule has 9 nitrogen and oxygen atoms in total. The predicted molar refractivity (Wildman–Crippen MR) is 124 cm³/mol. The third kappa shape index (κ3) is 5.80. The first-order valence-electron chi connectivity index (χ1n) is 11.0. The molecule has 0 unspecified atom stereocenters. The molecule has 3 heterocycles. The number of hydrogen-bond donors (Lipinski definition) is 2. The number of aromatic carboxylic acids is 1. The number of piperidine rings is 1. The fraction of sp³-hybridized carbons (Fsp3) is 0.565. The minimum Gasteiger partial charge on any atom is -0.478 e. The molecule has 0 radical (unpaired) electrons. The highest BCUT2D eigenvalue weighted by atomic mass is 32.1. The van der Waals surface area contributed by atoms with Crippen molar-refractivity contribution < 1.29 is 24.5 Å². The zero-order valence-corrected chi connectivity index (χ0v) is 20.2. The highest BCUT2D eigenvalue weighted by Crippen LogP contribution is 2.35. The van der Waals surface area contributed by atoms with Crippen LogP contribution in [0, 0.1) is 6.92 Å². The number of aliphatic hydroxyl groups is 1. The average molecular weight is 478 g/mol. The van der Waals surface area contributed by atoms with Gasteiger partial charge in [0.15, 0.2) is 0 Å². The highest BCUT2D eigenvalue weighted by molar-refractivity contribution is 7.11. The second-order valence-electron chi connectivity index (χ2n) is 9.18. The molecule has 33 heavy (non-hydrogen) atoms. The summed E-state index contributed by atoms with van der Waals surface area (Å²) in [6.45, 7) is 7.67. The number of rotatable bonds is 6. The molecule has 0 aliphatic carbocycles. The van der Waals surface area contributed by atoms with Crippen LogP contribution in [0.5, 0.6) is 0 Å². The number of aliphatic hydroxyl groups excluding tert-OH is 1. The maximum atomic E-state index is 13.1. The van der Waals surface area contributed by atoms with E-state index in [1.165, 1.54) is 34.2 Å². The molecule has 2 atom stereocenters. The molecule has 1 amide bonds. The second kappa shape index (κ2) is 10.0. The zero-order chi connectivity index (χ0) is 24.3. The average Bonchev–Trinajstić information content (AvgIpc) is 3.08. The van der Waals surface area contributed by atoms with Gasteiger partial charge in [0.05, 0.1) is 17.3 Å². The third-order valence-electron chi connectivity index (χ3n) is 5.53. The van der Waals surface area contributed by atoms with Crippen molar-refractivity contribution >= 4 is 23.4 Å². The van der Waals surface area contributed by atoms with Gasteiger partial charge in [0, 0.05) is 36.7 Å². The zero-order valence-electron chi connectivity index (χ0n) is 19.4. The van der Waals surface area contributed by atoms with E-state index in [1.807, 2.05) is 6.92 Å². The molecule has 1 saturated heterocycles. The van der Waals surface area contributed by atoms with E-state index in [-0.39, 0.29) is 17.7 Å². The number of likely N-dealkylation sites (tertiary alicyclic amines) is 1. The molecule has 2 N–H and O–H groups in total. The smallest absolute Gasteiger partial charge is 0.410 e. The Labute approximate surface area is 196 Å². The van der Waals surface area contributed by atoms with Crippen LogP contribution < -0.4 is 5.56 Å². The van der Waals surface area contributed by atoms with Crippen molar-refractivity contribution in [1.82, 2.24) is 14.5 Å². The number of amides is 1. The van der Waals surface area contributed by atoms with E-state index in [0.717, 1.165) is 23.4 Å². The lowest BCUT2D eigenvalue weighted by Gasteiger charge is -2.40. The maximum absolute atomic E-state index is 13.1. The first kappa shape index (κ1) is 24.9. The van der Waals surface area contributed by atoms with Crippen molar-refractivity contribution in [1.29, 1.82) is 0 Å². The lowest BCUT2D eigenvalue weighted by atomic mass is 9.95. The van der Waals surface area contributed by atoms with Gasteiger partial charge in [-0.2, -0.15) is 0 Å². The number of carbonyl (C=O) groups excluding carboxylic acids is 1. The third-order valence-corrected chi connectivity index (χ3v) is 6.82. The van der Waals surface area contributed by atoms with E-state index in [0.29, 0.717) is 24.4 Å². The van der Waals surface area contributed by atoms with Crippen molar-refractivity contribution in [2.24, 2.45) is 0 Å². The molecule has 2 aromatic rings. The van der Waals surface area contributed by atoms with E-state index < -0.39 is 29.7 Å². The molecule has 2 aromatic heterocycles. The largest absolute Gasteiger partial charge is 0.478 e. The van der Waals surface area contributed by atoms with Gasteiger partial charge in [-0.3, -0.25) is 4.79 Å². The molecule has 180 valence electrons. The number of carboxylic acid groups (broad SMARTS) is 1. The Morgan fingerprint density at radius 2 is 2.03 bits per heavy atom. The summed E-state index contributed by atoms with van der Waals surface area (Å²) in [4.78, 5) is 44.9. The number of carbonyl (C=O) groups is 2. The number of thiazole rings is 1. The fourth-order valence-electron chi connectivity index (χ4n) is 4.06. The van der Waals surface area contributed by atoms with Gasteiger partial charge in [0.25, 0.3) is 5.56 Å². The van der Waals surface area contributed by atoms with Gasteiger partial charge in [-0.1, -0.05) is 0 Å². The summed E-state index contributed by atoms with van der Waals surface area (Å²) in [5, 5.41) is 19.5. The summed E-state index contributed by atoms with van der Waals surface area (Å²) in [5.41, 5.74) is -0.337. The highest BCUT2D eigenvalue weighted by Gasteiger charge is 2.39. The molecule has 0 aromatic carbocycles. The van der Waals surface area contributed by atoms with Crippen LogP contribution in [0.25, 0.3) is 0 Å². The Bertz CT molecular complexity index is 1070. The first-order chi connectivity index (χ1) is 15.5. The van der Waals surface area contributed by atoms with Gasteiger partial charge in [0.2, 0.25) is 0 Å². The van der Waals surface area contributed by atoms with Crippen LogP contribution in [-0.4, -0.2) is 61.5 Å². The number of pyridine rings is 1. The van der Waals surface area contributed by atoms with E-state index in [1.54, 1.807) is 25.7 Å². The number of carboxylic acids is 1. The number of nitrogens with zero attached hydrogens (tertiary/aromatic N) is 3. The molecule has 1 aliphatic heterocycles. The Morgan fingerprint density at radius 1 is 1.30 bits per heavy atom. The summed E-state index contributed by atoms with van der Waals surface area (Å²) < 4.78 is 7.02. The van der Waals surface area contributed by atoms with Crippen molar-refractivity contribution in [2.75, 3.05) is 13.2 Å². The van der Waals surface area contributed by atoms with Crippen molar-refractivity contribution in [3.05, 3.63) is 49.8 Å². The van der Waals surface area contributed by atoms with Crippen LogP contribution in [0.2, 0.25) is 0 Å². The van der Waals surface area contributed by atoms with Crippen LogP contribution in [0.4, 0.5) is 4.79 Å². The Kier molecular flexibility index (Phi) is 7.58. The lowest BCUT2D eigenvalue weighted by molar-refractivity contribution is 0.00460. The molecule has 0 bridgehead atoms. The summed E-state index contributed by atoms with van der Waals surface area (Å²) in [7, 11) is 0. The van der Waals surface area contributed by atoms with Gasteiger partial charge in [0.1, 0.15) is 16.7 Å². The molecular weight excluding hydrogens is 446 g/mol. The quantitative estimate of drug-likeness (QED) is 0.655. The van der Waals surface area contributed by atoms with E-state index in [9.17, 15) is 24.6 Å². The minimum atomic E-state index is -1.15. The predicted octanol–water partition coefficient (Wildman–Crippen LogP) is 3.23. The molecule has 3 rings (SSSR count). The van der Waals surface area contributed by atoms with E-state index in [4.69, 9.17) is 4.74 Å². The standard InChI is InChI=1S/C23H31N3O6S/c1-14-17(10-12-27)33-20(24-14)19(26-13-15(21(29)30)8-9-18(26)28)16-7-5-6-11-25(16)22(31)32-23(2,3)4/h8-9,13,16,19,27H,5-7,10-12H2,1-4H3,(H,29,30)/t16-,19+/m0/s1. The molecule has 1 fully saturated rings. The SMILES string of the molecule is Cc1nc([C@@H]([C@@H]2CCCCN2C(=O)OC(C)(C)C)n2cc(C(=O)O)ccc2=O)sc1CCO. The first-order valence-corrected chi connectivity index (χ1v) is 11.9. The normalized spacial score (nSPS) is 17.6. The van der Waals surface area contributed by atoms with E-state index >= 15 is 0 Å². The van der Waals surface area contributed by atoms with Crippen LogP contribution in [-0.2, 0) is 11.2 Å². The maximum Gasteiger partial charge on any atom is 0.410 e. The minimum absolute atomic E-state index is 0.0249. The molecule has 0 saturated carbocycles. The Balaban J connectivity index is 2.15. The van der Waals surface area contributed by atoms with Gasteiger partial charge in [-0.05, 0) is 53.0 Å². The molecule has 10 heteroatoms. The number of aryl methyl sites for hydroxylation is 1. The number of aromatic nitrogens is 2. The molecule has 0 spiro atoms. The van der Waals surface area contributed by atoms with E-state index in [2.05, 4.69) is 4.98 Å². The molecule has 1 aliphatic rings. The Hall–Kier alpha value is -2.72. The number of ether oxygens (including phenoxy) is 1. The van der Waals surface area contributed by atoms with Gasteiger partial charge >= 0.3 is 12.1 Å². The topological polar surface area (TPSA) is 122 Å². The Morgan fingerprint density at radius 3 is 2.67 bits per heavy atom. The van der Waals surface area contributed by atoms with Crippen molar-refractivity contribution in [3.63, 3.8) is 0 Å². The second-order valence-corrected chi connectivity index (χ2v) is 10.3. The van der Waals surface area contributed by atoms with Gasteiger partial charge in [-0.15, -0.1) is 11.3 Å². The summed E-state index contributed by atoms with van der Waals surface area (Å²) in [6, 6.07) is 1.38. The van der Waals surface area contributed by atoms with Crippen LogP contribution in [0.1, 0.15) is 72.0 Å². The molecular formula is C23H31N3O6S. The summed E-state index contributed by atoms with van der Waals surface area (Å²) in [5.74, 6) is -1.15. The van der Waals surface area contributed by atoms with Crippen molar-refractivity contribution in [3.8, 4) is 0 Å². The number of hydrogen-bond acceptors (Lipinski definition) is 7. The summed E-state index contributed by atoms with van der Waals surface area (Å²) >= 11 is 1.37. The van der Waals surface area contributed by atoms with Gasteiger partial charge < -0.3 is 24.4 Å². The van der Waals surface area contributed by atoms with Crippen LogP contribution >= 0.6 is 11.3 Å².